The number of nitrogens with one attached hydrogen (secondary N) is 1. The monoisotopic (exact) mass is 267 g/mol. The van der Waals surface area contributed by atoms with Gasteiger partial charge in [-0.3, -0.25) is 0 Å². The number of hydrogen-bond acceptors (Lipinski definition) is 4. The molecule has 0 saturated carbocycles. The number of nitriles is 1. The number of nitrogens with zero attached hydrogens (tertiary/aromatic N) is 2. The molecule has 0 aliphatic rings. The van der Waals surface area contributed by atoms with Crippen molar-refractivity contribution in [3.8, 4) is 11.8 Å². The molecule has 0 aliphatic heterocycles. The third kappa shape index (κ3) is 4.71. The van der Waals surface area contributed by atoms with Gasteiger partial charge in [0.25, 0.3) is 0 Å². The Morgan fingerprint density at radius 1 is 1.20 bits per heavy atom. The van der Waals surface area contributed by atoms with E-state index >= 15 is 0 Å². The summed E-state index contributed by atoms with van der Waals surface area (Å²) in [5.41, 5.74) is 1.66. The Morgan fingerprint density at radius 2 is 2.05 bits per heavy atom. The van der Waals surface area contributed by atoms with Crippen LogP contribution in [0.25, 0.3) is 0 Å². The van der Waals surface area contributed by atoms with E-state index in [1.807, 2.05) is 24.3 Å². The van der Waals surface area contributed by atoms with Crippen molar-refractivity contribution in [2.24, 2.45) is 0 Å². The standard InChI is InChI=1S/C16H17N3O/c17-12-15-11-16(7-9-19-15)20-10-4-8-18-13-14-5-2-1-3-6-14/h1-3,5-7,9,11,18H,4,8,10,13H2. The van der Waals surface area contributed by atoms with Gasteiger partial charge in [-0.05, 0) is 24.6 Å². The van der Waals surface area contributed by atoms with Crippen molar-refractivity contribution in [2.75, 3.05) is 13.2 Å². The van der Waals surface area contributed by atoms with Crippen LogP contribution in [0.1, 0.15) is 17.7 Å². The lowest BCUT2D eigenvalue weighted by molar-refractivity contribution is 0.307. The van der Waals surface area contributed by atoms with Crippen LogP contribution in [0.4, 0.5) is 0 Å². The highest BCUT2D eigenvalue weighted by molar-refractivity contribution is 5.29. The highest BCUT2D eigenvalue weighted by atomic mass is 16.5. The first-order valence-electron chi connectivity index (χ1n) is 6.62. The highest BCUT2D eigenvalue weighted by Crippen LogP contribution is 2.10. The second-order valence-corrected chi connectivity index (χ2v) is 4.35. The van der Waals surface area contributed by atoms with E-state index < -0.39 is 0 Å². The van der Waals surface area contributed by atoms with E-state index in [-0.39, 0.29) is 0 Å². The zero-order valence-electron chi connectivity index (χ0n) is 11.2. The van der Waals surface area contributed by atoms with Crippen molar-refractivity contribution in [2.45, 2.75) is 13.0 Å². The number of benzene rings is 1. The van der Waals surface area contributed by atoms with E-state index in [0.717, 1.165) is 19.5 Å². The van der Waals surface area contributed by atoms with Gasteiger partial charge in [0, 0.05) is 18.8 Å². The quantitative estimate of drug-likeness (QED) is 0.783. The average Bonchev–Trinajstić information content (AvgIpc) is 2.52. The van der Waals surface area contributed by atoms with Crippen molar-refractivity contribution in [3.05, 3.63) is 59.9 Å². The molecular weight excluding hydrogens is 250 g/mol. The van der Waals surface area contributed by atoms with Gasteiger partial charge in [0.2, 0.25) is 0 Å². The SMILES string of the molecule is N#Cc1cc(OCCCNCc2ccccc2)ccn1. The summed E-state index contributed by atoms with van der Waals surface area (Å²) < 4.78 is 5.57. The molecule has 1 N–H and O–H groups in total. The smallest absolute Gasteiger partial charge is 0.144 e. The van der Waals surface area contributed by atoms with Gasteiger partial charge in [-0.25, -0.2) is 4.98 Å². The van der Waals surface area contributed by atoms with Crippen LogP contribution in [-0.4, -0.2) is 18.1 Å². The van der Waals surface area contributed by atoms with Crippen LogP contribution >= 0.6 is 0 Å². The molecule has 0 saturated heterocycles. The van der Waals surface area contributed by atoms with Gasteiger partial charge in [0.05, 0.1) is 6.61 Å². The van der Waals surface area contributed by atoms with Crippen LogP contribution in [0, 0.1) is 11.3 Å². The highest BCUT2D eigenvalue weighted by Gasteiger charge is 1.97. The summed E-state index contributed by atoms with van der Waals surface area (Å²) in [5, 5.41) is 12.1. The van der Waals surface area contributed by atoms with E-state index in [0.29, 0.717) is 18.1 Å². The normalized spacial score (nSPS) is 9.95. The van der Waals surface area contributed by atoms with Crippen molar-refractivity contribution < 1.29 is 4.74 Å². The van der Waals surface area contributed by atoms with Gasteiger partial charge >= 0.3 is 0 Å². The molecule has 0 atom stereocenters. The minimum absolute atomic E-state index is 0.379. The molecular formula is C16H17N3O. The average molecular weight is 267 g/mol. The van der Waals surface area contributed by atoms with Gasteiger partial charge in [-0.2, -0.15) is 5.26 Å². The maximum absolute atomic E-state index is 8.73. The fraction of sp³-hybridized carbons (Fsp3) is 0.250. The second-order valence-electron chi connectivity index (χ2n) is 4.35. The fourth-order valence-electron chi connectivity index (χ4n) is 1.78. The van der Waals surface area contributed by atoms with Crippen LogP contribution in [0.5, 0.6) is 5.75 Å². The fourth-order valence-corrected chi connectivity index (χ4v) is 1.78. The molecule has 4 heteroatoms. The van der Waals surface area contributed by atoms with Crippen LogP contribution in [-0.2, 0) is 6.54 Å². The minimum Gasteiger partial charge on any atom is -0.493 e. The summed E-state index contributed by atoms with van der Waals surface area (Å²) in [6.45, 7) is 2.39. The van der Waals surface area contributed by atoms with Crippen LogP contribution in [0.2, 0.25) is 0 Å². The van der Waals surface area contributed by atoms with Gasteiger partial charge in [0.15, 0.2) is 0 Å². The predicted molar refractivity (Wildman–Crippen MR) is 77.2 cm³/mol. The maximum Gasteiger partial charge on any atom is 0.144 e. The third-order valence-corrected chi connectivity index (χ3v) is 2.78. The van der Waals surface area contributed by atoms with Crippen molar-refractivity contribution in [1.82, 2.24) is 10.3 Å². The molecule has 102 valence electrons. The number of pyridine rings is 1. The molecule has 2 rings (SSSR count). The van der Waals surface area contributed by atoms with Gasteiger partial charge in [-0.1, -0.05) is 30.3 Å². The van der Waals surface area contributed by atoms with Crippen molar-refractivity contribution in [3.63, 3.8) is 0 Å². The molecule has 2 aromatic rings. The molecule has 0 amide bonds. The summed E-state index contributed by atoms with van der Waals surface area (Å²) in [5.74, 6) is 0.694. The van der Waals surface area contributed by atoms with E-state index in [9.17, 15) is 0 Å². The lowest BCUT2D eigenvalue weighted by Gasteiger charge is -2.07. The first-order valence-corrected chi connectivity index (χ1v) is 6.62. The Kier molecular flexibility index (Phi) is 5.56. The number of aromatic nitrogens is 1. The second kappa shape index (κ2) is 7.93. The molecule has 0 fully saturated rings. The van der Waals surface area contributed by atoms with E-state index in [1.54, 1.807) is 18.3 Å². The number of hydrogen-bond donors (Lipinski definition) is 1. The Labute approximate surface area is 119 Å². The molecule has 20 heavy (non-hydrogen) atoms. The Hall–Kier alpha value is -2.38. The molecule has 4 nitrogen and oxygen atoms in total. The van der Waals surface area contributed by atoms with E-state index in [1.165, 1.54) is 5.56 Å². The Balaban J connectivity index is 1.61. The summed E-state index contributed by atoms with van der Waals surface area (Å²) >= 11 is 0. The van der Waals surface area contributed by atoms with Crippen molar-refractivity contribution >= 4 is 0 Å². The lowest BCUT2D eigenvalue weighted by Crippen LogP contribution is -2.16. The zero-order chi connectivity index (χ0) is 14.0. The molecule has 1 aromatic carbocycles. The maximum atomic E-state index is 8.73. The van der Waals surface area contributed by atoms with Crippen molar-refractivity contribution in [1.29, 1.82) is 5.26 Å². The lowest BCUT2D eigenvalue weighted by atomic mass is 10.2. The number of rotatable bonds is 7. The first kappa shape index (κ1) is 14.0. The molecule has 1 heterocycles. The molecule has 0 bridgehead atoms. The number of ether oxygens (including phenoxy) is 1. The summed E-state index contributed by atoms with van der Waals surface area (Å²) in [7, 11) is 0. The zero-order valence-corrected chi connectivity index (χ0v) is 11.2. The van der Waals surface area contributed by atoms with Gasteiger partial charge < -0.3 is 10.1 Å². The van der Waals surface area contributed by atoms with E-state index in [4.69, 9.17) is 10.00 Å². The summed E-state index contributed by atoms with van der Waals surface area (Å²) in [6.07, 6.45) is 2.50. The molecule has 0 unspecified atom stereocenters. The summed E-state index contributed by atoms with van der Waals surface area (Å²) in [6, 6.07) is 15.7. The molecule has 0 radical (unpaired) electrons. The first-order chi connectivity index (χ1) is 9.88. The van der Waals surface area contributed by atoms with Crippen LogP contribution < -0.4 is 10.1 Å². The topological polar surface area (TPSA) is 57.9 Å². The molecule has 0 aliphatic carbocycles. The van der Waals surface area contributed by atoms with E-state index in [2.05, 4.69) is 22.4 Å². The Bertz CT molecular complexity index is 563. The van der Waals surface area contributed by atoms with Crippen LogP contribution in [0.15, 0.2) is 48.7 Å². The third-order valence-electron chi connectivity index (χ3n) is 2.78. The van der Waals surface area contributed by atoms with Gasteiger partial charge in [-0.15, -0.1) is 0 Å². The summed E-state index contributed by atoms with van der Waals surface area (Å²) in [4.78, 5) is 3.90. The van der Waals surface area contributed by atoms with Gasteiger partial charge in [0.1, 0.15) is 17.5 Å². The molecule has 1 aromatic heterocycles. The molecule has 0 spiro atoms. The Morgan fingerprint density at radius 3 is 2.85 bits per heavy atom. The largest absolute Gasteiger partial charge is 0.493 e. The predicted octanol–water partition coefficient (Wildman–Crippen LogP) is 2.51. The van der Waals surface area contributed by atoms with Crippen LogP contribution in [0.3, 0.4) is 0 Å². The minimum atomic E-state index is 0.379.